The number of carbonyl (C=O) groups is 1. The van der Waals surface area contributed by atoms with Crippen LogP contribution < -0.4 is 10.1 Å². The molecule has 0 aliphatic carbocycles. The lowest BCUT2D eigenvalue weighted by Gasteiger charge is -2.13. The van der Waals surface area contributed by atoms with Gasteiger partial charge in [-0.3, -0.25) is 4.79 Å². The van der Waals surface area contributed by atoms with Crippen molar-refractivity contribution >= 4 is 5.91 Å². The average Bonchev–Trinajstić information content (AvgIpc) is 2.73. The minimum absolute atomic E-state index is 0.152. The molecule has 3 rings (SSSR count). The fourth-order valence-corrected chi connectivity index (χ4v) is 2.99. The maximum Gasteiger partial charge on any atom is 0.255 e. The highest BCUT2D eigenvalue weighted by molar-refractivity contribution is 5.97. The number of amides is 1. The molecule has 0 saturated heterocycles. The van der Waals surface area contributed by atoms with E-state index in [-0.39, 0.29) is 5.91 Å². The molecule has 3 aromatic carbocycles. The Bertz CT molecular complexity index is 922. The SMILES string of the molecule is COc1ccc(C)cc1C(=O)NCc1ccccc1COCc1ccccc1. The lowest BCUT2D eigenvalue weighted by molar-refractivity contribution is 0.0944. The Morgan fingerprint density at radius 1 is 0.893 bits per heavy atom. The molecule has 0 atom stereocenters. The van der Waals surface area contributed by atoms with Gasteiger partial charge in [-0.1, -0.05) is 66.2 Å². The molecule has 3 aromatic rings. The van der Waals surface area contributed by atoms with Crippen molar-refractivity contribution in [2.24, 2.45) is 0 Å². The highest BCUT2D eigenvalue weighted by atomic mass is 16.5. The van der Waals surface area contributed by atoms with E-state index >= 15 is 0 Å². The Morgan fingerprint density at radius 2 is 1.61 bits per heavy atom. The molecule has 0 fully saturated rings. The molecule has 0 heterocycles. The molecule has 0 aromatic heterocycles. The normalized spacial score (nSPS) is 10.5. The van der Waals surface area contributed by atoms with Gasteiger partial charge in [0.05, 0.1) is 25.9 Å². The number of carbonyl (C=O) groups excluding carboxylic acids is 1. The summed E-state index contributed by atoms with van der Waals surface area (Å²) >= 11 is 0. The molecule has 0 saturated carbocycles. The molecular weight excluding hydrogens is 350 g/mol. The van der Waals surface area contributed by atoms with Gasteiger partial charge in [0.2, 0.25) is 0 Å². The van der Waals surface area contributed by atoms with E-state index < -0.39 is 0 Å². The van der Waals surface area contributed by atoms with Crippen LogP contribution in [-0.2, 0) is 24.5 Å². The number of nitrogens with one attached hydrogen (secondary N) is 1. The van der Waals surface area contributed by atoms with Crippen LogP contribution in [0.4, 0.5) is 0 Å². The summed E-state index contributed by atoms with van der Waals surface area (Å²) in [5.41, 5.74) is 4.80. The van der Waals surface area contributed by atoms with E-state index in [2.05, 4.69) is 5.32 Å². The molecule has 1 N–H and O–H groups in total. The Hall–Kier alpha value is -3.11. The zero-order chi connectivity index (χ0) is 19.8. The molecule has 0 aliphatic rings. The van der Waals surface area contributed by atoms with E-state index in [0.29, 0.717) is 31.1 Å². The molecule has 4 heteroatoms. The quantitative estimate of drug-likeness (QED) is 0.623. The predicted octanol–water partition coefficient (Wildman–Crippen LogP) is 4.65. The molecule has 0 spiro atoms. The number of hydrogen-bond acceptors (Lipinski definition) is 3. The van der Waals surface area contributed by atoms with Gasteiger partial charge in [0.1, 0.15) is 5.75 Å². The van der Waals surface area contributed by atoms with Gasteiger partial charge >= 0.3 is 0 Å². The summed E-state index contributed by atoms with van der Waals surface area (Å²) in [4.78, 5) is 12.6. The van der Waals surface area contributed by atoms with Crippen LogP contribution in [0.25, 0.3) is 0 Å². The monoisotopic (exact) mass is 375 g/mol. The van der Waals surface area contributed by atoms with Crippen LogP contribution in [0.15, 0.2) is 72.8 Å². The third-order valence-electron chi connectivity index (χ3n) is 4.53. The van der Waals surface area contributed by atoms with Crippen LogP contribution in [0, 0.1) is 6.92 Å². The highest BCUT2D eigenvalue weighted by Crippen LogP contribution is 2.20. The lowest BCUT2D eigenvalue weighted by Crippen LogP contribution is -2.24. The van der Waals surface area contributed by atoms with Crippen molar-refractivity contribution in [3.8, 4) is 5.75 Å². The van der Waals surface area contributed by atoms with E-state index in [1.54, 1.807) is 7.11 Å². The Labute approximate surface area is 166 Å². The van der Waals surface area contributed by atoms with E-state index in [4.69, 9.17) is 9.47 Å². The zero-order valence-electron chi connectivity index (χ0n) is 16.3. The maximum atomic E-state index is 12.6. The highest BCUT2D eigenvalue weighted by Gasteiger charge is 2.13. The van der Waals surface area contributed by atoms with Gasteiger partial charge < -0.3 is 14.8 Å². The Kier molecular flexibility index (Phi) is 6.82. The smallest absolute Gasteiger partial charge is 0.255 e. The first kappa shape index (κ1) is 19.6. The number of methoxy groups -OCH3 is 1. The fourth-order valence-electron chi connectivity index (χ4n) is 2.99. The number of ether oxygens (including phenoxy) is 2. The molecule has 0 radical (unpaired) electrons. The third kappa shape index (κ3) is 5.21. The minimum atomic E-state index is -0.152. The van der Waals surface area contributed by atoms with Gasteiger partial charge in [0.25, 0.3) is 5.91 Å². The molecular formula is C24H25NO3. The van der Waals surface area contributed by atoms with Gasteiger partial charge in [-0.25, -0.2) is 0 Å². The summed E-state index contributed by atoms with van der Waals surface area (Å²) < 4.78 is 11.2. The van der Waals surface area contributed by atoms with Crippen LogP contribution in [0.1, 0.15) is 32.6 Å². The van der Waals surface area contributed by atoms with Gasteiger partial charge in [-0.05, 0) is 35.7 Å². The lowest BCUT2D eigenvalue weighted by atomic mass is 10.1. The first-order valence-electron chi connectivity index (χ1n) is 9.28. The van der Waals surface area contributed by atoms with Gasteiger partial charge in [-0.15, -0.1) is 0 Å². The van der Waals surface area contributed by atoms with Gasteiger partial charge in [0.15, 0.2) is 0 Å². The topological polar surface area (TPSA) is 47.6 Å². The van der Waals surface area contributed by atoms with Crippen molar-refractivity contribution in [2.75, 3.05) is 7.11 Å². The summed E-state index contributed by atoms with van der Waals surface area (Å²) in [6.07, 6.45) is 0. The van der Waals surface area contributed by atoms with Crippen LogP contribution in [0.2, 0.25) is 0 Å². The number of rotatable bonds is 8. The summed E-state index contributed by atoms with van der Waals surface area (Å²) in [5, 5.41) is 2.99. The third-order valence-corrected chi connectivity index (χ3v) is 4.53. The second-order valence-corrected chi connectivity index (χ2v) is 6.63. The van der Waals surface area contributed by atoms with E-state index in [0.717, 1.165) is 22.3 Å². The largest absolute Gasteiger partial charge is 0.496 e. The molecule has 28 heavy (non-hydrogen) atoms. The zero-order valence-corrected chi connectivity index (χ0v) is 16.3. The van der Waals surface area contributed by atoms with E-state index in [1.165, 1.54) is 0 Å². The second-order valence-electron chi connectivity index (χ2n) is 6.63. The van der Waals surface area contributed by atoms with Crippen molar-refractivity contribution in [1.82, 2.24) is 5.32 Å². The summed E-state index contributed by atoms with van der Waals surface area (Å²) in [5.74, 6) is 0.420. The minimum Gasteiger partial charge on any atom is -0.496 e. The number of aryl methyl sites for hydroxylation is 1. The van der Waals surface area contributed by atoms with Gasteiger partial charge in [0, 0.05) is 6.54 Å². The molecule has 0 unspecified atom stereocenters. The summed E-state index contributed by atoms with van der Waals surface area (Å²) in [7, 11) is 1.57. The number of benzene rings is 3. The Balaban J connectivity index is 1.62. The first-order valence-corrected chi connectivity index (χ1v) is 9.28. The standard InChI is InChI=1S/C24H25NO3/c1-18-12-13-23(27-2)22(14-18)24(26)25-15-20-10-6-7-11-21(20)17-28-16-19-8-4-3-5-9-19/h3-14H,15-17H2,1-2H3,(H,25,26). The van der Waals surface area contributed by atoms with Crippen molar-refractivity contribution in [1.29, 1.82) is 0 Å². The van der Waals surface area contributed by atoms with E-state index in [9.17, 15) is 4.79 Å². The summed E-state index contributed by atoms with van der Waals surface area (Å²) in [6.45, 7) is 3.44. The maximum absolute atomic E-state index is 12.6. The van der Waals surface area contributed by atoms with Crippen LogP contribution >= 0.6 is 0 Å². The fraction of sp³-hybridized carbons (Fsp3) is 0.208. The van der Waals surface area contributed by atoms with Crippen LogP contribution in [-0.4, -0.2) is 13.0 Å². The van der Waals surface area contributed by atoms with Crippen LogP contribution in [0.5, 0.6) is 5.75 Å². The molecule has 144 valence electrons. The molecule has 4 nitrogen and oxygen atoms in total. The first-order chi connectivity index (χ1) is 13.7. The predicted molar refractivity (Wildman–Crippen MR) is 110 cm³/mol. The van der Waals surface area contributed by atoms with Crippen molar-refractivity contribution in [3.63, 3.8) is 0 Å². The molecule has 1 amide bonds. The van der Waals surface area contributed by atoms with Crippen molar-refractivity contribution in [2.45, 2.75) is 26.7 Å². The molecule has 0 bridgehead atoms. The molecule has 0 aliphatic heterocycles. The number of hydrogen-bond donors (Lipinski definition) is 1. The average molecular weight is 375 g/mol. The van der Waals surface area contributed by atoms with E-state index in [1.807, 2.05) is 79.7 Å². The van der Waals surface area contributed by atoms with Crippen LogP contribution in [0.3, 0.4) is 0 Å². The van der Waals surface area contributed by atoms with Crippen molar-refractivity contribution in [3.05, 3.63) is 101 Å². The summed E-state index contributed by atoms with van der Waals surface area (Å²) in [6, 6.07) is 23.6. The van der Waals surface area contributed by atoms with Crippen molar-refractivity contribution < 1.29 is 14.3 Å². The second kappa shape index (κ2) is 9.72. The Morgan fingerprint density at radius 3 is 2.36 bits per heavy atom. The van der Waals surface area contributed by atoms with Gasteiger partial charge in [-0.2, -0.15) is 0 Å².